The molecule has 1 heterocycles. The zero-order valence-electron chi connectivity index (χ0n) is 13.3. The summed E-state index contributed by atoms with van der Waals surface area (Å²) in [5.41, 5.74) is 1.58. The fourth-order valence-electron chi connectivity index (χ4n) is 2.79. The topological polar surface area (TPSA) is 72.5 Å². The lowest BCUT2D eigenvalue weighted by atomic mass is 10.0. The summed E-state index contributed by atoms with van der Waals surface area (Å²) >= 11 is 0. The summed E-state index contributed by atoms with van der Waals surface area (Å²) in [5.74, 6) is 0.732. The molecule has 0 aliphatic carbocycles. The van der Waals surface area contributed by atoms with Crippen LogP contribution >= 0.6 is 0 Å². The third-order valence-electron chi connectivity index (χ3n) is 3.74. The number of carbonyl (C=O) groups excluding carboxylic acids is 1. The summed E-state index contributed by atoms with van der Waals surface area (Å²) in [6.07, 6.45) is 0.682. The molecule has 1 N–H and O–H groups in total. The minimum atomic E-state index is -3.02. The van der Waals surface area contributed by atoms with Crippen LogP contribution in [0.2, 0.25) is 0 Å². The van der Waals surface area contributed by atoms with E-state index in [4.69, 9.17) is 4.74 Å². The molecule has 0 bridgehead atoms. The Balaban J connectivity index is 1.81. The Morgan fingerprint density at radius 2 is 1.91 bits per heavy atom. The molecule has 6 heteroatoms. The number of benzene rings is 1. The number of amides is 1. The van der Waals surface area contributed by atoms with Crippen molar-refractivity contribution >= 4 is 15.7 Å². The maximum absolute atomic E-state index is 12.0. The van der Waals surface area contributed by atoms with Crippen LogP contribution in [0.25, 0.3) is 0 Å². The summed E-state index contributed by atoms with van der Waals surface area (Å²) in [4.78, 5) is 12.0. The van der Waals surface area contributed by atoms with Crippen molar-refractivity contribution in [1.29, 1.82) is 0 Å². The smallest absolute Gasteiger partial charge is 0.223 e. The Labute approximate surface area is 132 Å². The minimum absolute atomic E-state index is 0.0175. The van der Waals surface area contributed by atoms with Gasteiger partial charge in [-0.3, -0.25) is 4.79 Å². The van der Waals surface area contributed by atoms with Gasteiger partial charge in [-0.1, -0.05) is 6.07 Å². The van der Waals surface area contributed by atoms with Gasteiger partial charge in [0.2, 0.25) is 5.91 Å². The van der Waals surface area contributed by atoms with Crippen molar-refractivity contribution in [2.45, 2.75) is 39.2 Å². The van der Waals surface area contributed by atoms with E-state index in [2.05, 4.69) is 11.4 Å². The molecule has 5 nitrogen and oxygen atoms in total. The van der Waals surface area contributed by atoms with Crippen LogP contribution in [0, 0.1) is 13.8 Å². The van der Waals surface area contributed by atoms with E-state index in [0.717, 1.165) is 16.9 Å². The Kier molecular flexibility index (Phi) is 4.80. The van der Waals surface area contributed by atoms with Gasteiger partial charge in [0.25, 0.3) is 0 Å². The Bertz CT molecular complexity index is 648. The van der Waals surface area contributed by atoms with Gasteiger partial charge in [0.15, 0.2) is 9.84 Å². The molecule has 1 amide bonds. The molecule has 2 rings (SSSR count). The second-order valence-corrected chi connectivity index (χ2v) is 8.56. The van der Waals surface area contributed by atoms with Crippen LogP contribution in [0.3, 0.4) is 0 Å². The van der Waals surface area contributed by atoms with Crippen LogP contribution < -0.4 is 10.1 Å². The Morgan fingerprint density at radius 3 is 2.45 bits per heavy atom. The first kappa shape index (κ1) is 16.8. The molecule has 1 aromatic rings. The Morgan fingerprint density at radius 1 is 1.27 bits per heavy atom. The molecule has 0 aromatic heterocycles. The summed E-state index contributed by atoms with van der Waals surface area (Å²) in [5, 5.41) is 2.82. The van der Waals surface area contributed by atoms with Crippen LogP contribution in [-0.4, -0.2) is 38.0 Å². The van der Waals surface area contributed by atoms with E-state index < -0.39 is 15.4 Å². The number of ether oxygens (including phenoxy) is 1. The molecule has 122 valence electrons. The molecule has 1 fully saturated rings. The van der Waals surface area contributed by atoms with Crippen molar-refractivity contribution in [2.75, 3.05) is 18.1 Å². The monoisotopic (exact) mass is 325 g/mol. The molecule has 1 aromatic carbocycles. The van der Waals surface area contributed by atoms with Crippen LogP contribution in [0.1, 0.15) is 30.9 Å². The third-order valence-corrected chi connectivity index (χ3v) is 5.64. The quantitative estimate of drug-likeness (QED) is 0.895. The molecule has 0 spiro atoms. The zero-order valence-corrected chi connectivity index (χ0v) is 14.1. The second-order valence-electron chi connectivity index (χ2n) is 6.37. The van der Waals surface area contributed by atoms with Gasteiger partial charge >= 0.3 is 0 Å². The standard InChI is InChI=1S/C16H23NO4S/c1-12-8-13(2)10-14(9-12)21-6-4-15(18)17-16(3)5-7-22(19,20)11-16/h8-10H,4-7,11H2,1-3H3,(H,17,18). The maximum Gasteiger partial charge on any atom is 0.223 e. The van der Waals surface area contributed by atoms with Crippen molar-refractivity contribution in [2.24, 2.45) is 0 Å². The first-order valence-corrected chi connectivity index (χ1v) is 9.22. The lowest BCUT2D eigenvalue weighted by Crippen LogP contribution is -2.47. The molecular formula is C16H23NO4S. The van der Waals surface area contributed by atoms with Crippen LogP contribution in [-0.2, 0) is 14.6 Å². The predicted molar refractivity (Wildman–Crippen MR) is 85.8 cm³/mol. The van der Waals surface area contributed by atoms with Gasteiger partial charge in [0.1, 0.15) is 5.75 Å². The second kappa shape index (κ2) is 6.28. The lowest BCUT2D eigenvalue weighted by Gasteiger charge is -2.23. The maximum atomic E-state index is 12.0. The molecular weight excluding hydrogens is 302 g/mol. The number of sulfone groups is 1. The molecule has 0 saturated carbocycles. The van der Waals surface area contributed by atoms with E-state index in [1.165, 1.54) is 0 Å². The van der Waals surface area contributed by atoms with Crippen molar-refractivity contribution in [3.05, 3.63) is 29.3 Å². The van der Waals surface area contributed by atoms with E-state index >= 15 is 0 Å². The van der Waals surface area contributed by atoms with Crippen molar-refractivity contribution in [1.82, 2.24) is 5.32 Å². The van der Waals surface area contributed by atoms with Gasteiger partial charge in [-0.2, -0.15) is 0 Å². The van der Waals surface area contributed by atoms with E-state index in [-0.39, 0.29) is 30.4 Å². The molecule has 22 heavy (non-hydrogen) atoms. The van der Waals surface area contributed by atoms with Crippen molar-refractivity contribution < 1.29 is 17.9 Å². The minimum Gasteiger partial charge on any atom is -0.493 e. The van der Waals surface area contributed by atoms with Crippen LogP contribution in [0.15, 0.2) is 18.2 Å². The van der Waals surface area contributed by atoms with Gasteiger partial charge in [0, 0.05) is 0 Å². The summed E-state index contributed by atoms with van der Waals surface area (Å²) < 4.78 is 28.6. The van der Waals surface area contributed by atoms with Gasteiger partial charge in [0.05, 0.1) is 30.1 Å². The number of hydrogen-bond acceptors (Lipinski definition) is 4. The highest BCUT2D eigenvalue weighted by molar-refractivity contribution is 7.91. The fraction of sp³-hybridized carbons (Fsp3) is 0.562. The molecule has 1 unspecified atom stereocenters. The summed E-state index contributed by atoms with van der Waals surface area (Å²) in [7, 11) is -3.02. The number of rotatable bonds is 5. The number of hydrogen-bond donors (Lipinski definition) is 1. The van der Waals surface area contributed by atoms with Gasteiger partial charge in [-0.25, -0.2) is 8.42 Å². The third kappa shape index (κ3) is 4.73. The highest BCUT2D eigenvalue weighted by atomic mass is 32.2. The Hall–Kier alpha value is -1.56. The van der Waals surface area contributed by atoms with E-state index in [1.807, 2.05) is 26.0 Å². The summed E-state index contributed by atoms with van der Waals surface area (Å²) in [6, 6.07) is 5.91. The fourth-order valence-corrected chi connectivity index (χ4v) is 4.88. The van der Waals surface area contributed by atoms with Crippen molar-refractivity contribution in [3.8, 4) is 5.75 Å². The molecule has 1 atom stereocenters. The van der Waals surface area contributed by atoms with Crippen LogP contribution in [0.5, 0.6) is 5.75 Å². The molecule has 1 aliphatic heterocycles. The van der Waals surface area contributed by atoms with E-state index in [0.29, 0.717) is 6.42 Å². The highest BCUT2D eigenvalue weighted by Crippen LogP contribution is 2.23. The lowest BCUT2D eigenvalue weighted by molar-refractivity contribution is -0.123. The number of aryl methyl sites for hydroxylation is 2. The van der Waals surface area contributed by atoms with Crippen molar-refractivity contribution in [3.63, 3.8) is 0 Å². The van der Waals surface area contributed by atoms with Gasteiger partial charge < -0.3 is 10.1 Å². The largest absolute Gasteiger partial charge is 0.493 e. The average Bonchev–Trinajstić information content (AvgIpc) is 2.61. The first-order valence-electron chi connectivity index (χ1n) is 7.40. The zero-order chi connectivity index (χ0) is 16.4. The average molecular weight is 325 g/mol. The number of nitrogens with one attached hydrogen (secondary N) is 1. The highest BCUT2D eigenvalue weighted by Gasteiger charge is 2.39. The number of carbonyl (C=O) groups is 1. The normalized spacial score (nSPS) is 23.2. The molecule has 1 aliphatic rings. The van der Waals surface area contributed by atoms with E-state index in [9.17, 15) is 13.2 Å². The van der Waals surface area contributed by atoms with Crippen LogP contribution in [0.4, 0.5) is 0 Å². The molecule has 1 saturated heterocycles. The first-order chi connectivity index (χ1) is 10.2. The SMILES string of the molecule is Cc1cc(C)cc(OCCC(=O)NC2(C)CCS(=O)(=O)C2)c1. The summed E-state index contributed by atoms with van der Waals surface area (Å²) in [6.45, 7) is 6.04. The molecule has 0 radical (unpaired) electrons. The van der Waals surface area contributed by atoms with Gasteiger partial charge in [-0.15, -0.1) is 0 Å². The van der Waals surface area contributed by atoms with E-state index in [1.54, 1.807) is 6.92 Å². The van der Waals surface area contributed by atoms with Gasteiger partial charge in [-0.05, 0) is 50.5 Å². The predicted octanol–water partition coefficient (Wildman–Crippen LogP) is 1.77.